The van der Waals surface area contributed by atoms with Crippen LogP contribution in [0.1, 0.15) is 51.9 Å². The molecule has 1 saturated carbocycles. The Kier molecular flexibility index (Phi) is 5.05. The highest BCUT2D eigenvalue weighted by atomic mass is 16.6. The molecule has 5 nitrogen and oxygen atoms in total. The van der Waals surface area contributed by atoms with E-state index in [1.54, 1.807) is 0 Å². The zero-order valence-electron chi connectivity index (χ0n) is 11.7. The summed E-state index contributed by atoms with van der Waals surface area (Å²) in [5.74, 6) is 0. The SMILES string of the molecule is CCC1(O)CCC(NC(=O)OC2CCOCC2)CC1. The van der Waals surface area contributed by atoms with Crippen molar-refractivity contribution in [1.29, 1.82) is 0 Å². The van der Waals surface area contributed by atoms with Crippen molar-refractivity contribution in [3.8, 4) is 0 Å². The maximum Gasteiger partial charge on any atom is 0.407 e. The number of hydrogen-bond acceptors (Lipinski definition) is 4. The van der Waals surface area contributed by atoms with Crippen molar-refractivity contribution in [1.82, 2.24) is 5.32 Å². The fraction of sp³-hybridized carbons (Fsp3) is 0.929. The van der Waals surface area contributed by atoms with Crippen LogP contribution in [-0.2, 0) is 9.47 Å². The molecular formula is C14H25NO4. The molecule has 2 N–H and O–H groups in total. The topological polar surface area (TPSA) is 67.8 Å². The van der Waals surface area contributed by atoms with Crippen LogP contribution in [0.5, 0.6) is 0 Å². The van der Waals surface area contributed by atoms with Crippen LogP contribution in [0.15, 0.2) is 0 Å². The van der Waals surface area contributed by atoms with Gasteiger partial charge in [0.25, 0.3) is 0 Å². The van der Waals surface area contributed by atoms with Crippen molar-refractivity contribution in [3.63, 3.8) is 0 Å². The van der Waals surface area contributed by atoms with Gasteiger partial charge in [0.05, 0.1) is 18.8 Å². The lowest BCUT2D eigenvalue weighted by atomic mass is 9.81. The number of aliphatic hydroxyl groups is 1. The molecule has 1 heterocycles. The largest absolute Gasteiger partial charge is 0.446 e. The summed E-state index contributed by atoms with van der Waals surface area (Å²) < 4.78 is 10.6. The second-order valence-corrected chi connectivity index (χ2v) is 5.71. The summed E-state index contributed by atoms with van der Waals surface area (Å²) in [6, 6.07) is 0.138. The van der Waals surface area contributed by atoms with Crippen LogP contribution in [0.4, 0.5) is 4.79 Å². The minimum absolute atomic E-state index is 0.00934. The van der Waals surface area contributed by atoms with Crippen LogP contribution in [0, 0.1) is 0 Å². The minimum Gasteiger partial charge on any atom is -0.446 e. The fourth-order valence-electron chi connectivity index (χ4n) is 2.80. The standard InChI is InChI=1S/C14H25NO4/c1-2-14(17)7-3-11(4-8-14)15-13(16)19-12-5-9-18-10-6-12/h11-12,17H,2-10H2,1H3,(H,15,16). The van der Waals surface area contributed by atoms with Crippen LogP contribution < -0.4 is 5.32 Å². The van der Waals surface area contributed by atoms with Crippen LogP contribution in [0.3, 0.4) is 0 Å². The lowest BCUT2D eigenvalue weighted by Gasteiger charge is -2.35. The Hall–Kier alpha value is -0.810. The van der Waals surface area contributed by atoms with Crippen molar-refractivity contribution in [2.75, 3.05) is 13.2 Å². The number of carbonyl (C=O) groups excluding carboxylic acids is 1. The van der Waals surface area contributed by atoms with Crippen LogP contribution in [0.2, 0.25) is 0 Å². The van der Waals surface area contributed by atoms with Gasteiger partial charge in [0.15, 0.2) is 0 Å². The van der Waals surface area contributed by atoms with E-state index in [-0.39, 0.29) is 18.2 Å². The van der Waals surface area contributed by atoms with Gasteiger partial charge in [-0.15, -0.1) is 0 Å². The zero-order valence-corrected chi connectivity index (χ0v) is 11.7. The molecule has 0 atom stereocenters. The van der Waals surface area contributed by atoms with Crippen molar-refractivity contribution < 1.29 is 19.4 Å². The van der Waals surface area contributed by atoms with E-state index in [4.69, 9.17) is 9.47 Å². The van der Waals surface area contributed by atoms with E-state index in [0.29, 0.717) is 13.2 Å². The first kappa shape index (κ1) is 14.6. The number of ether oxygens (including phenoxy) is 2. The van der Waals surface area contributed by atoms with Gasteiger partial charge in [-0.2, -0.15) is 0 Å². The van der Waals surface area contributed by atoms with E-state index in [1.165, 1.54) is 0 Å². The number of alkyl carbamates (subject to hydrolysis) is 1. The van der Waals surface area contributed by atoms with E-state index < -0.39 is 5.60 Å². The predicted octanol–water partition coefficient (Wildman–Crippen LogP) is 1.98. The molecule has 0 aromatic rings. The minimum atomic E-state index is -0.525. The quantitative estimate of drug-likeness (QED) is 0.823. The first-order chi connectivity index (χ1) is 9.11. The van der Waals surface area contributed by atoms with Gasteiger partial charge in [0.2, 0.25) is 0 Å². The Morgan fingerprint density at radius 2 is 1.95 bits per heavy atom. The molecule has 2 fully saturated rings. The Morgan fingerprint density at radius 3 is 2.53 bits per heavy atom. The molecule has 0 radical (unpaired) electrons. The normalized spacial score (nSPS) is 32.8. The molecule has 0 spiro atoms. The second kappa shape index (κ2) is 6.57. The molecule has 5 heteroatoms. The van der Waals surface area contributed by atoms with Gasteiger partial charge < -0.3 is 19.9 Å². The summed E-state index contributed by atoms with van der Waals surface area (Å²) in [6.07, 6.45) is 5.19. The van der Waals surface area contributed by atoms with Crippen molar-refractivity contribution in [2.24, 2.45) is 0 Å². The Labute approximate surface area is 114 Å². The maximum atomic E-state index is 11.8. The zero-order chi connectivity index (χ0) is 13.7. The highest BCUT2D eigenvalue weighted by molar-refractivity contribution is 5.67. The summed E-state index contributed by atoms with van der Waals surface area (Å²) in [6.45, 7) is 3.35. The molecule has 1 aliphatic heterocycles. The van der Waals surface area contributed by atoms with E-state index in [0.717, 1.165) is 44.9 Å². The lowest BCUT2D eigenvalue weighted by Crippen LogP contribution is -2.44. The molecule has 0 bridgehead atoms. The third-order valence-corrected chi connectivity index (χ3v) is 4.34. The van der Waals surface area contributed by atoms with Gasteiger partial charge in [-0.05, 0) is 32.1 Å². The van der Waals surface area contributed by atoms with Gasteiger partial charge in [-0.25, -0.2) is 4.79 Å². The molecule has 110 valence electrons. The maximum absolute atomic E-state index is 11.8. The molecule has 19 heavy (non-hydrogen) atoms. The van der Waals surface area contributed by atoms with E-state index in [1.807, 2.05) is 6.92 Å². The van der Waals surface area contributed by atoms with Gasteiger partial charge in [0.1, 0.15) is 6.10 Å². The molecule has 1 amide bonds. The number of nitrogens with one attached hydrogen (secondary N) is 1. The average molecular weight is 271 g/mol. The molecule has 0 aromatic heterocycles. The first-order valence-corrected chi connectivity index (χ1v) is 7.38. The summed E-state index contributed by atoms with van der Waals surface area (Å²) in [7, 11) is 0. The number of hydrogen-bond donors (Lipinski definition) is 2. The summed E-state index contributed by atoms with van der Waals surface area (Å²) in [5.41, 5.74) is -0.525. The monoisotopic (exact) mass is 271 g/mol. The first-order valence-electron chi connectivity index (χ1n) is 7.38. The van der Waals surface area contributed by atoms with E-state index in [2.05, 4.69) is 5.32 Å². The average Bonchev–Trinajstić information content (AvgIpc) is 2.43. The molecule has 2 rings (SSSR count). The van der Waals surface area contributed by atoms with Crippen molar-refractivity contribution in [2.45, 2.75) is 69.6 Å². The molecule has 1 aliphatic carbocycles. The highest BCUT2D eigenvalue weighted by Crippen LogP contribution is 2.30. The third-order valence-electron chi connectivity index (χ3n) is 4.34. The molecule has 0 unspecified atom stereocenters. The fourth-order valence-corrected chi connectivity index (χ4v) is 2.80. The second-order valence-electron chi connectivity index (χ2n) is 5.71. The van der Waals surface area contributed by atoms with E-state index in [9.17, 15) is 9.90 Å². The van der Waals surface area contributed by atoms with Gasteiger partial charge in [-0.1, -0.05) is 6.92 Å². The molecule has 1 saturated heterocycles. The lowest BCUT2D eigenvalue weighted by molar-refractivity contribution is -0.0135. The smallest absolute Gasteiger partial charge is 0.407 e. The van der Waals surface area contributed by atoms with Crippen LogP contribution >= 0.6 is 0 Å². The third kappa shape index (κ3) is 4.35. The molecular weight excluding hydrogens is 246 g/mol. The van der Waals surface area contributed by atoms with E-state index >= 15 is 0 Å². The van der Waals surface area contributed by atoms with Crippen LogP contribution in [0.25, 0.3) is 0 Å². The summed E-state index contributed by atoms with van der Waals surface area (Å²) >= 11 is 0. The van der Waals surface area contributed by atoms with Crippen molar-refractivity contribution >= 4 is 6.09 Å². The van der Waals surface area contributed by atoms with Gasteiger partial charge >= 0.3 is 6.09 Å². The Morgan fingerprint density at radius 1 is 1.32 bits per heavy atom. The van der Waals surface area contributed by atoms with Crippen LogP contribution in [-0.4, -0.2) is 42.2 Å². The molecule has 0 aromatic carbocycles. The van der Waals surface area contributed by atoms with Gasteiger partial charge in [-0.3, -0.25) is 0 Å². The number of carbonyl (C=O) groups is 1. The Bertz CT molecular complexity index is 294. The number of amides is 1. The number of rotatable bonds is 3. The van der Waals surface area contributed by atoms with Crippen molar-refractivity contribution in [3.05, 3.63) is 0 Å². The van der Waals surface area contributed by atoms with Gasteiger partial charge in [0, 0.05) is 18.9 Å². The summed E-state index contributed by atoms with van der Waals surface area (Å²) in [4.78, 5) is 11.8. The predicted molar refractivity (Wildman–Crippen MR) is 71.0 cm³/mol. The Balaban J connectivity index is 1.68. The summed E-state index contributed by atoms with van der Waals surface area (Å²) in [5, 5.41) is 13.1. The molecule has 2 aliphatic rings. The highest BCUT2D eigenvalue weighted by Gasteiger charge is 2.32.